The van der Waals surface area contributed by atoms with Crippen LogP contribution in [0, 0.1) is 10.1 Å². The normalized spacial score (nSPS) is 11.3. The highest BCUT2D eigenvalue weighted by molar-refractivity contribution is 9.10. The van der Waals surface area contributed by atoms with E-state index < -0.39 is 46.5 Å². The molecule has 0 heterocycles. The zero-order valence-corrected chi connectivity index (χ0v) is 16.0. The predicted octanol–water partition coefficient (Wildman–Crippen LogP) is 4.57. The van der Waals surface area contributed by atoms with Crippen LogP contribution in [0.4, 0.5) is 24.5 Å². The molecule has 29 heavy (non-hydrogen) atoms. The molecule has 152 valence electrons. The van der Waals surface area contributed by atoms with Crippen molar-refractivity contribution in [3.05, 3.63) is 74.3 Å². The summed E-state index contributed by atoms with van der Waals surface area (Å²) < 4.78 is 43.5. The SMILES string of the molecule is O=C(COC(=O)/C=C/c1cccc(Br)c1)Nc1ccc(C(F)(F)F)cc1[N+](=O)[O-]. The van der Waals surface area contributed by atoms with Gasteiger partial charge in [0.15, 0.2) is 6.61 Å². The minimum absolute atomic E-state index is 0.308. The van der Waals surface area contributed by atoms with E-state index >= 15 is 0 Å². The molecular formula is C18H12BrF3N2O5. The van der Waals surface area contributed by atoms with Crippen molar-refractivity contribution >= 4 is 45.3 Å². The van der Waals surface area contributed by atoms with Gasteiger partial charge in [-0.1, -0.05) is 28.1 Å². The summed E-state index contributed by atoms with van der Waals surface area (Å²) >= 11 is 3.27. The third kappa shape index (κ3) is 6.71. The Morgan fingerprint density at radius 2 is 1.93 bits per heavy atom. The van der Waals surface area contributed by atoms with Gasteiger partial charge in [0, 0.05) is 16.6 Å². The van der Waals surface area contributed by atoms with Crippen molar-refractivity contribution < 1.29 is 32.4 Å². The molecule has 0 aliphatic carbocycles. The minimum atomic E-state index is -4.77. The maximum Gasteiger partial charge on any atom is 0.416 e. The summed E-state index contributed by atoms with van der Waals surface area (Å²) in [7, 11) is 0. The Balaban J connectivity index is 1.98. The summed E-state index contributed by atoms with van der Waals surface area (Å²) in [6.07, 6.45) is -2.25. The number of carbonyl (C=O) groups excluding carboxylic acids is 2. The molecule has 0 aliphatic rings. The number of esters is 1. The van der Waals surface area contributed by atoms with Crippen LogP contribution in [0.3, 0.4) is 0 Å². The number of nitro benzene ring substituents is 1. The van der Waals surface area contributed by atoms with Crippen molar-refractivity contribution in [2.24, 2.45) is 0 Å². The first kappa shape index (κ1) is 22.1. The molecule has 1 N–H and O–H groups in total. The Labute approximate surface area is 170 Å². The van der Waals surface area contributed by atoms with Crippen molar-refractivity contribution in [3.63, 3.8) is 0 Å². The standard InChI is InChI=1S/C18H12BrF3N2O5/c19-13-3-1-2-11(8-13)4-7-17(26)29-10-16(25)23-14-6-5-12(18(20,21)22)9-15(14)24(27)28/h1-9H,10H2,(H,23,25)/b7-4+. The zero-order chi connectivity index (χ0) is 21.6. The van der Waals surface area contributed by atoms with Crippen LogP contribution < -0.4 is 5.32 Å². The van der Waals surface area contributed by atoms with Crippen LogP contribution in [0.15, 0.2) is 53.0 Å². The van der Waals surface area contributed by atoms with Crippen LogP contribution in [-0.2, 0) is 20.5 Å². The lowest BCUT2D eigenvalue weighted by Gasteiger charge is -2.10. The van der Waals surface area contributed by atoms with Crippen LogP contribution in [-0.4, -0.2) is 23.4 Å². The lowest BCUT2D eigenvalue weighted by molar-refractivity contribution is -0.384. The number of hydrogen-bond acceptors (Lipinski definition) is 5. The van der Waals surface area contributed by atoms with Crippen molar-refractivity contribution in [1.29, 1.82) is 0 Å². The quantitative estimate of drug-likeness (QED) is 0.287. The molecule has 0 saturated heterocycles. The highest BCUT2D eigenvalue weighted by atomic mass is 79.9. The number of ether oxygens (including phenoxy) is 1. The van der Waals surface area contributed by atoms with Crippen molar-refractivity contribution in [3.8, 4) is 0 Å². The van der Waals surface area contributed by atoms with Gasteiger partial charge < -0.3 is 10.1 Å². The molecular weight excluding hydrogens is 461 g/mol. The van der Waals surface area contributed by atoms with Gasteiger partial charge in [0.25, 0.3) is 11.6 Å². The maximum atomic E-state index is 12.7. The summed E-state index contributed by atoms with van der Waals surface area (Å²) in [5.41, 5.74) is -1.92. The molecule has 0 unspecified atom stereocenters. The van der Waals surface area contributed by atoms with Gasteiger partial charge in [-0.25, -0.2) is 4.79 Å². The Hall–Kier alpha value is -3.21. The Morgan fingerprint density at radius 3 is 2.55 bits per heavy atom. The summed E-state index contributed by atoms with van der Waals surface area (Å²) in [5.74, 6) is -1.79. The number of benzene rings is 2. The average molecular weight is 473 g/mol. The van der Waals surface area contributed by atoms with Crippen LogP contribution in [0.5, 0.6) is 0 Å². The van der Waals surface area contributed by atoms with Crippen molar-refractivity contribution in [1.82, 2.24) is 0 Å². The van der Waals surface area contributed by atoms with E-state index in [1.54, 1.807) is 24.3 Å². The molecule has 0 bridgehead atoms. The highest BCUT2D eigenvalue weighted by Gasteiger charge is 2.33. The fourth-order valence-electron chi connectivity index (χ4n) is 2.11. The summed E-state index contributed by atoms with van der Waals surface area (Å²) in [4.78, 5) is 33.4. The molecule has 0 fully saturated rings. The second-order valence-corrected chi connectivity index (χ2v) is 6.45. The molecule has 0 atom stereocenters. The van der Waals surface area contributed by atoms with Gasteiger partial charge in [0.05, 0.1) is 10.5 Å². The lowest BCUT2D eigenvalue weighted by atomic mass is 10.1. The Bertz CT molecular complexity index is 976. The fraction of sp³-hybridized carbons (Fsp3) is 0.111. The predicted molar refractivity (Wildman–Crippen MR) is 101 cm³/mol. The summed E-state index contributed by atoms with van der Waals surface area (Å²) in [6.45, 7) is -0.778. The smallest absolute Gasteiger partial charge is 0.416 e. The summed E-state index contributed by atoms with van der Waals surface area (Å²) in [6, 6.07) is 8.66. The third-order valence-corrected chi connectivity index (χ3v) is 3.90. The molecule has 0 aromatic heterocycles. The first-order valence-electron chi connectivity index (χ1n) is 7.82. The van der Waals surface area contributed by atoms with Crippen molar-refractivity contribution in [2.75, 3.05) is 11.9 Å². The highest BCUT2D eigenvalue weighted by Crippen LogP contribution is 2.34. The van der Waals surface area contributed by atoms with E-state index in [2.05, 4.69) is 21.2 Å². The lowest BCUT2D eigenvalue weighted by Crippen LogP contribution is -2.21. The first-order valence-corrected chi connectivity index (χ1v) is 8.61. The van der Waals surface area contributed by atoms with Crippen LogP contribution in [0.25, 0.3) is 6.08 Å². The average Bonchev–Trinajstić information content (AvgIpc) is 2.64. The molecule has 0 aliphatic heterocycles. The number of carbonyl (C=O) groups is 2. The first-order chi connectivity index (χ1) is 13.6. The van der Waals surface area contributed by atoms with Gasteiger partial charge >= 0.3 is 12.1 Å². The fourth-order valence-corrected chi connectivity index (χ4v) is 2.53. The van der Waals surface area contributed by atoms with E-state index in [0.717, 1.165) is 16.6 Å². The van der Waals surface area contributed by atoms with Crippen LogP contribution >= 0.6 is 15.9 Å². The van der Waals surface area contributed by atoms with E-state index in [1.165, 1.54) is 6.08 Å². The summed E-state index contributed by atoms with van der Waals surface area (Å²) in [5, 5.41) is 13.0. The number of alkyl halides is 3. The van der Waals surface area contributed by atoms with Gasteiger partial charge in [-0.05, 0) is 35.9 Å². The molecule has 2 rings (SSSR count). The number of nitrogens with zero attached hydrogens (tertiary/aromatic N) is 1. The molecule has 2 aromatic carbocycles. The maximum absolute atomic E-state index is 12.7. The second kappa shape index (κ2) is 9.32. The number of anilines is 1. The topological polar surface area (TPSA) is 98.5 Å². The van der Waals surface area contributed by atoms with Gasteiger partial charge in [-0.3, -0.25) is 14.9 Å². The molecule has 11 heteroatoms. The Morgan fingerprint density at radius 1 is 1.21 bits per heavy atom. The van der Waals surface area contributed by atoms with E-state index in [1.807, 2.05) is 0 Å². The van der Waals surface area contributed by atoms with Crippen LogP contribution in [0.1, 0.15) is 11.1 Å². The molecule has 2 aromatic rings. The number of hydrogen-bond donors (Lipinski definition) is 1. The largest absolute Gasteiger partial charge is 0.452 e. The van der Waals surface area contributed by atoms with E-state index in [9.17, 15) is 32.9 Å². The molecule has 1 amide bonds. The minimum Gasteiger partial charge on any atom is -0.452 e. The molecule has 0 spiro atoms. The molecule has 7 nitrogen and oxygen atoms in total. The number of nitrogens with one attached hydrogen (secondary N) is 1. The van der Waals surface area contributed by atoms with Crippen LogP contribution in [0.2, 0.25) is 0 Å². The third-order valence-electron chi connectivity index (χ3n) is 3.40. The van der Waals surface area contributed by atoms with Gasteiger partial charge in [-0.2, -0.15) is 13.2 Å². The van der Waals surface area contributed by atoms with Gasteiger partial charge in [0.1, 0.15) is 5.69 Å². The van der Waals surface area contributed by atoms with E-state index in [0.29, 0.717) is 17.7 Å². The van der Waals surface area contributed by atoms with Gasteiger partial charge in [-0.15, -0.1) is 0 Å². The number of nitro groups is 1. The number of rotatable bonds is 6. The molecule has 0 radical (unpaired) electrons. The number of halogens is 4. The zero-order valence-electron chi connectivity index (χ0n) is 14.4. The van der Waals surface area contributed by atoms with E-state index in [-0.39, 0.29) is 0 Å². The van der Waals surface area contributed by atoms with Gasteiger partial charge in [0.2, 0.25) is 0 Å². The second-order valence-electron chi connectivity index (χ2n) is 5.53. The van der Waals surface area contributed by atoms with E-state index in [4.69, 9.17) is 4.74 Å². The Kier molecular flexibility index (Phi) is 7.10. The monoisotopic (exact) mass is 472 g/mol. The number of amides is 1. The van der Waals surface area contributed by atoms with Crippen molar-refractivity contribution in [2.45, 2.75) is 6.18 Å². The molecule has 0 saturated carbocycles.